The van der Waals surface area contributed by atoms with E-state index in [1.165, 1.54) is 23.5 Å². The van der Waals surface area contributed by atoms with Gasteiger partial charge >= 0.3 is 0 Å². The van der Waals surface area contributed by atoms with Crippen LogP contribution in [0, 0.1) is 18.7 Å². The summed E-state index contributed by atoms with van der Waals surface area (Å²) in [6, 6.07) is 16.1. The summed E-state index contributed by atoms with van der Waals surface area (Å²) in [6.07, 6.45) is 2.09. The number of halogens is 1. The number of hydrogen-bond donors (Lipinski definition) is 1. The average molecular weight is 466 g/mol. The molecular formula is C26H28FN3O2S. The van der Waals surface area contributed by atoms with Crippen molar-refractivity contribution in [1.29, 1.82) is 0 Å². The molecule has 1 N–H and O–H groups in total. The van der Waals surface area contributed by atoms with Crippen LogP contribution in [0.4, 0.5) is 4.39 Å². The number of nitrogens with one attached hydrogen (secondary N) is 1. The lowest BCUT2D eigenvalue weighted by Gasteiger charge is -2.31. The van der Waals surface area contributed by atoms with Gasteiger partial charge in [0.15, 0.2) is 0 Å². The number of piperidine rings is 1. The van der Waals surface area contributed by atoms with Gasteiger partial charge in [-0.3, -0.25) is 9.59 Å². The quantitative estimate of drug-likeness (QED) is 0.532. The van der Waals surface area contributed by atoms with Gasteiger partial charge in [0, 0.05) is 25.1 Å². The van der Waals surface area contributed by atoms with Crippen molar-refractivity contribution in [2.24, 2.45) is 5.92 Å². The van der Waals surface area contributed by atoms with E-state index in [9.17, 15) is 14.0 Å². The molecule has 1 aliphatic heterocycles. The van der Waals surface area contributed by atoms with Gasteiger partial charge in [-0.05, 0) is 62.4 Å². The third kappa shape index (κ3) is 5.66. The van der Waals surface area contributed by atoms with Crippen molar-refractivity contribution >= 4 is 23.2 Å². The molecule has 2 aromatic carbocycles. The van der Waals surface area contributed by atoms with Crippen molar-refractivity contribution < 1.29 is 14.0 Å². The van der Waals surface area contributed by atoms with Crippen LogP contribution < -0.4 is 5.32 Å². The van der Waals surface area contributed by atoms with Crippen LogP contribution >= 0.6 is 11.3 Å². The van der Waals surface area contributed by atoms with Crippen LogP contribution in [0.15, 0.2) is 54.6 Å². The summed E-state index contributed by atoms with van der Waals surface area (Å²) >= 11 is 1.35. The molecule has 33 heavy (non-hydrogen) atoms. The normalized spacial score (nSPS) is 15.3. The Morgan fingerprint density at radius 3 is 2.45 bits per heavy atom. The molecule has 0 saturated carbocycles. The maximum absolute atomic E-state index is 13.2. The molecule has 3 aromatic rings. The van der Waals surface area contributed by atoms with Crippen LogP contribution in [0.25, 0.3) is 10.6 Å². The van der Waals surface area contributed by atoms with E-state index in [0.29, 0.717) is 30.1 Å². The number of carbonyl (C=O) groups excluding carboxylic acids is 2. The van der Waals surface area contributed by atoms with Crippen LogP contribution in [0.2, 0.25) is 0 Å². The molecule has 1 unspecified atom stereocenters. The second-order valence-electron chi connectivity index (χ2n) is 8.58. The molecule has 0 aliphatic carbocycles. The van der Waals surface area contributed by atoms with E-state index in [0.717, 1.165) is 29.0 Å². The number of carbonyl (C=O) groups is 2. The fourth-order valence-electron chi connectivity index (χ4n) is 4.18. The van der Waals surface area contributed by atoms with E-state index in [1.807, 2.05) is 49.1 Å². The van der Waals surface area contributed by atoms with Gasteiger partial charge in [0.1, 0.15) is 15.7 Å². The monoisotopic (exact) mass is 465 g/mol. The summed E-state index contributed by atoms with van der Waals surface area (Å²) < 4.78 is 13.2. The Labute approximate surface area is 197 Å². The average Bonchev–Trinajstić information content (AvgIpc) is 3.21. The van der Waals surface area contributed by atoms with Crippen LogP contribution in [-0.4, -0.2) is 34.8 Å². The van der Waals surface area contributed by atoms with Crippen molar-refractivity contribution in [3.05, 3.63) is 76.5 Å². The first-order valence-corrected chi connectivity index (χ1v) is 12.1. The van der Waals surface area contributed by atoms with E-state index >= 15 is 0 Å². The van der Waals surface area contributed by atoms with Gasteiger partial charge in [-0.25, -0.2) is 9.37 Å². The number of benzene rings is 2. The van der Waals surface area contributed by atoms with Gasteiger partial charge in [-0.15, -0.1) is 11.3 Å². The third-order valence-electron chi connectivity index (χ3n) is 6.13. The Balaban J connectivity index is 1.30. The van der Waals surface area contributed by atoms with Gasteiger partial charge < -0.3 is 10.2 Å². The molecule has 7 heteroatoms. The summed E-state index contributed by atoms with van der Waals surface area (Å²) in [5, 5.41) is 3.80. The van der Waals surface area contributed by atoms with Crippen molar-refractivity contribution in [1.82, 2.24) is 15.2 Å². The number of rotatable bonds is 6. The first kappa shape index (κ1) is 23.1. The van der Waals surface area contributed by atoms with E-state index in [2.05, 4.69) is 10.3 Å². The number of thiazole rings is 1. The Bertz CT molecular complexity index is 1110. The molecule has 1 atom stereocenters. The fraction of sp³-hybridized carbons (Fsp3) is 0.346. The zero-order valence-electron chi connectivity index (χ0n) is 18.9. The number of likely N-dealkylation sites (tertiary alicyclic amines) is 1. The zero-order valence-corrected chi connectivity index (χ0v) is 19.7. The Hall–Kier alpha value is -3.06. The number of nitrogens with zero attached hydrogens (tertiary/aromatic N) is 2. The van der Waals surface area contributed by atoms with E-state index in [1.54, 1.807) is 12.1 Å². The molecule has 1 saturated heterocycles. The smallest absolute Gasteiger partial charge is 0.265 e. The lowest BCUT2D eigenvalue weighted by Crippen LogP contribution is -2.39. The van der Waals surface area contributed by atoms with Gasteiger partial charge in [-0.2, -0.15) is 0 Å². The minimum atomic E-state index is -0.297. The summed E-state index contributed by atoms with van der Waals surface area (Å²) in [5.74, 6) is 0.0149. The largest absolute Gasteiger partial charge is 0.350 e. The standard InChI is InChI=1S/C26H28FN3O2S/c1-17(20-6-4-3-5-7-20)28-23(31)16-19-12-14-30(15-13-19)26(32)24-18(2)29-25(33-24)21-8-10-22(27)11-9-21/h3-11,17,19H,12-16H2,1-2H3,(H,28,31). The van der Waals surface area contributed by atoms with Crippen molar-refractivity contribution in [3.8, 4) is 10.6 Å². The number of aryl methyl sites for hydroxylation is 1. The van der Waals surface area contributed by atoms with Gasteiger partial charge in [-0.1, -0.05) is 30.3 Å². The fourth-order valence-corrected chi connectivity index (χ4v) is 5.22. The second kappa shape index (κ2) is 10.3. The van der Waals surface area contributed by atoms with E-state index in [-0.39, 0.29) is 29.6 Å². The number of aromatic nitrogens is 1. The summed E-state index contributed by atoms with van der Waals surface area (Å²) in [4.78, 5) is 32.6. The molecule has 5 nitrogen and oxygen atoms in total. The molecule has 0 radical (unpaired) electrons. The van der Waals surface area contributed by atoms with Crippen molar-refractivity contribution in [2.45, 2.75) is 39.2 Å². The summed E-state index contributed by atoms with van der Waals surface area (Å²) in [7, 11) is 0. The summed E-state index contributed by atoms with van der Waals surface area (Å²) in [6.45, 7) is 5.09. The zero-order chi connectivity index (χ0) is 23.4. The Morgan fingerprint density at radius 2 is 1.79 bits per heavy atom. The Morgan fingerprint density at radius 1 is 1.12 bits per heavy atom. The van der Waals surface area contributed by atoms with Crippen LogP contribution in [0.5, 0.6) is 0 Å². The predicted molar refractivity (Wildman–Crippen MR) is 128 cm³/mol. The number of amides is 2. The highest BCUT2D eigenvalue weighted by Gasteiger charge is 2.28. The maximum atomic E-state index is 13.2. The molecule has 2 heterocycles. The molecule has 4 rings (SSSR count). The minimum absolute atomic E-state index is 0.0148. The third-order valence-corrected chi connectivity index (χ3v) is 7.33. The lowest BCUT2D eigenvalue weighted by atomic mass is 9.93. The van der Waals surface area contributed by atoms with Gasteiger partial charge in [0.25, 0.3) is 5.91 Å². The van der Waals surface area contributed by atoms with Crippen LogP contribution in [-0.2, 0) is 4.79 Å². The topological polar surface area (TPSA) is 62.3 Å². The SMILES string of the molecule is Cc1nc(-c2ccc(F)cc2)sc1C(=O)N1CCC(CC(=O)NC(C)c2ccccc2)CC1. The minimum Gasteiger partial charge on any atom is -0.350 e. The molecule has 0 bridgehead atoms. The van der Waals surface area contributed by atoms with E-state index < -0.39 is 0 Å². The maximum Gasteiger partial charge on any atom is 0.265 e. The Kier molecular flexibility index (Phi) is 7.18. The number of hydrogen-bond acceptors (Lipinski definition) is 4. The highest BCUT2D eigenvalue weighted by atomic mass is 32.1. The van der Waals surface area contributed by atoms with Crippen LogP contribution in [0.3, 0.4) is 0 Å². The second-order valence-corrected chi connectivity index (χ2v) is 9.58. The van der Waals surface area contributed by atoms with Gasteiger partial charge in [0.2, 0.25) is 5.91 Å². The van der Waals surface area contributed by atoms with E-state index in [4.69, 9.17) is 0 Å². The van der Waals surface area contributed by atoms with Crippen LogP contribution in [0.1, 0.15) is 53.2 Å². The first-order chi connectivity index (χ1) is 15.9. The highest BCUT2D eigenvalue weighted by molar-refractivity contribution is 7.17. The molecule has 172 valence electrons. The van der Waals surface area contributed by atoms with Crippen molar-refractivity contribution in [2.75, 3.05) is 13.1 Å². The summed E-state index contributed by atoms with van der Waals surface area (Å²) in [5.41, 5.74) is 2.59. The highest BCUT2D eigenvalue weighted by Crippen LogP contribution is 2.30. The molecule has 1 aliphatic rings. The molecule has 0 spiro atoms. The molecule has 2 amide bonds. The molecule has 1 fully saturated rings. The van der Waals surface area contributed by atoms with Crippen molar-refractivity contribution in [3.63, 3.8) is 0 Å². The molecule has 1 aromatic heterocycles. The predicted octanol–water partition coefficient (Wildman–Crippen LogP) is 5.38. The lowest BCUT2D eigenvalue weighted by molar-refractivity contribution is -0.122. The molecular weight excluding hydrogens is 437 g/mol. The van der Waals surface area contributed by atoms with Gasteiger partial charge in [0.05, 0.1) is 11.7 Å². The first-order valence-electron chi connectivity index (χ1n) is 11.3.